The van der Waals surface area contributed by atoms with Gasteiger partial charge in [-0.25, -0.2) is 4.79 Å². The average Bonchev–Trinajstić information content (AvgIpc) is 2.81. The molecule has 0 saturated carbocycles. The van der Waals surface area contributed by atoms with Crippen LogP contribution in [0.5, 0.6) is 0 Å². The topological polar surface area (TPSA) is 42.1 Å². The van der Waals surface area contributed by atoms with Crippen LogP contribution in [-0.4, -0.2) is 18.1 Å². The molecular formula is C12H9Cl2NO2S. The number of carbonyl (C=O) groups excluding carboxylic acids is 1. The van der Waals surface area contributed by atoms with Crippen LogP contribution < -0.4 is 0 Å². The first kappa shape index (κ1) is 13.3. The molecule has 1 aromatic carbocycles. The van der Waals surface area contributed by atoms with Gasteiger partial charge in [-0.05, 0) is 24.3 Å². The zero-order valence-electron chi connectivity index (χ0n) is 9.37. The molecule has 0 unspecified atom stereocenters. The Morgan fingerprint density at radius 3 is 2.83 bits per heavy atom. The second-order valence-corrected chi connectivity index (χ2v) is 5.35. The first-order valence-corrected chi connectivity index (χ1v) is 6.57. The van der Waals surface area contributed by atoms with Gasteiger partial charge in [0, 0.05) is 16.1 Å². The van der Waals surface area contributed by atoms with Crippen molar-refractivity contribution in [3.63, 3.8) is 0 Å². The zero-order valence-corrected chi connectivity index (χ0v) is 11.7. The summed E-state index contributed by atoms with van der Waals surface area (Å²) in [6.07, 6.45) is 1.59. The van der Waals surface area contributed by atoms with Crippen molar-refractivity contribution in [1.82, 2.24) is 4.98 Å². The van der Waals surface area contributed by atoms with Crippen molar-refractivity contribution in [1.29, 1.82) is 0 Å². The summed E-state index contributed by atoms with van der Waals surface area (Å²) in [5.74, 6) is -0.379. The minimum absolute atomic E-state index is 0.379. The molecule has 0 spiro atoms. The quantitative estimate of drug-likeness (QED) is 0.861. The molecule has 0 fully saturated rings. The second-order valence-electron chi connectivity index (χ2n) is 3.42. The van der Waals surface area contributed by atoms with Gasteiger partial charge < -0.3 is 9.72 Å². The number of methoxy groups -OCH3 is 1. The molecule has 2 aromatic rings. The highest BCUT2D eigenvalue weighted by molar-refractivity contribution is 7.99. The van der Waals surface area contributed by atoms with Crippen molar-refractivity contribution in [2.45, 2.75) is 9.92 Å². The molecule has 94 valence electrons. The highest BCUT2D eigenvalue weighted by atomic mass is 35.5. The van der Waals surface area contributed by atoms with Gasteiger partial charge in [-0.3, -0.25) is 0 Å². The Bertz CT molecular complexity index is 583. The Morgan fingerprint density at radius 1 is 1.33 bits per heavy atom. The van der Waals surface area contributed by atoms with Crippen molar-refractivity contribution in [3.05, 3.63) is 46.1 Å². The number of hydrogen-bond acceptors (Lipinski definition) is 3. The van der Waals surface area contributed by atoms with Gasteiger partial charge in [0.2, 0.25) is 0 Å². The van der Waals surface area contributed by atoms with Crippen LogP contribution in [0.3, 0.4) is 0 Å². The lowest BCUT2D eigenvalue weighted by molar-refractivity contribution is 0.0601. The highest BCUT2D eigenvalue weighted by Crippen LogP contribution is 2.34. The number of benzene rings is 1. The van der Waals surface area contributed by atoms with Crippen molar-refractivity contribution >= 4 is 40.9 Å². The summed E-state index contributed by atoms with van der Waals surface area (Å²) < 4.78 is 4.63. The molecule has 0 aliphatic carbocycles. The molecule has 3 nitrogen and oxygen atoms in total. The first-order valence-electron chi connectivity index (χ1n) is 5.00. The van der Waals surface area contributed by atoms with E-state index < -0.39 is 0 Å². The van der Waals surface area contributed by atoms with E-state index >= 15 is 0 Å². The third-order valence-corrected chi connectivity index (χ3v) is 3.88. The molecule has 1 aromatic heterocycles. The summed E-state index contributed by atoms with van der Waals surface area (Å²) in [6, 6.07) is 6.93. The molecule has 18 heavy (non-hydrogen) atoms. The fourth-order valence-electron chi connectivity index (χ4n) is 1.34. The van der Waals surface area contributed by atoms with Crippen molar-refractivity contribution < 1.29 is 9.53 Å². The van der Waals surface area contributed by atoms with Gasteiger partial charge in [0.1, 0.15) is 0 Å². The maximum Gasteiger partial charge on any atom is 0.339 e. The number of esters is 1. The molecule has 6 heteroatoms. The Kier molecular flexibility index (Phi) is 4.22. The van der Waals surface area contributed by atoms with E-state index in [4.69, 9.17) is 23.2 Å². The number of nitrogens with one attached hydrogen (secondary N) is 1. The number of rotatable bonds is 3. The third kappa shape index (κ3) is 3.02. The molecule has 0 aliphatic rings. The van der Waals surface area contributed by atoms with Crippen molar-refractivity contribution in [2.75, 3.05) is 7.11 Å². The predicted octanol–water partition coefficient (Wildman–Crippen LogP) is 4.26. The lowest BCUT2D eigenvalue weighted by Crippen LogP contribution is -1.98. The minimum Gasteiger partial charge on any atom is -0.465 e. The van der Waals surface area contributed by atoms with Gasteiger partial charge in [0.05, 0.1) is 22.7 Å². The van der Waals surface area contributed by atoms with Crippen LogP contribution in [-0.2, 0) is 4.74 Å². The largest absolute Gasteiger partial charge is 0.465 e. The normalized spacial score (nSPS) is 10.4. The molecule has 0 saturated heterocycles. The van der Waals surface area contributed by atoms with Gasteiger partial charge in [0.15, 0.2) is 0 Å². The van der Waals surface area contributed by atoms with Crippen LogP contribution in [0.25, 0.3) is 0 Å². The van der Waals surface area contributed by atoms with E-state index in [9.17, 15) is 4.79 Å². The van der Waals surface area contributed by atoms with Crippen LogP contribution in [0.4, 0.5) is 0 Å². The monoisotopic (exact) mass is 301 g/mol. The van der Waals surface area contributed by atoms with Crippen LogP contribution in [0.15, 0.2) is 40.4 Å². The van der Waals surface area contributed by atoms with Crippen molar-refractivity contribution in [2.24, 2.45) is 0 Å². The van der Waals surface area contributed by atoms with Gasteiger partial charge in [0.25, 0.3) is 0 Å². The molecular weight excluding hydrogens is 293 g/mol. The molecule has 1 heterocycles. The average molecular weight is 302 g/mol. The molecule has 0 atom stereocenters. The summed E-state index contributed by atoms with van der Waals surface area (Å²) in [7, 11) is 1.34. The van der Waals surface area contributed by atoms with Gasteiger partial charge in [-0.1, -0.05) is 35.0 Å². The first-order chi connectivity index (χ1) is 8.60. The maximum absolute atomic E-state index is 11.3. The molecule has 2 rings (SSSR count). The van der Waals surface area contributed by atoms with E-state index in [1.807, 2.05) is 0 Å². The summed E-state index contributed by atoms with van der Waals surface area (Å²) in [5, 5.41) is 2.01. The lowest BCUT2D eigenvalue weighted by atomic mass is 10.3. The molecule has 0 radical (unpaired) electrons. The van der Waals surface area contributed by atoms with Crippen molar-refractivity contribution in [3.8, 4) is 0 Å². The standard InChI is InChI=1S/C12H9Cl2NO2S/c1-17-12(16)7-4-11(15-6-7)18-10-5-8(13)2-3-9(10)14/h2-6,15H,1H3. The smallest absolute Gasteiger partial charge is 0.339 e. The Hall–Kier alpha value is -1.10. The summed E-state index contributed by atoms with van der Waals surface area (Å²) in [6.45, 7) is 0. The second kappa shape index (κ2) is 5.69. The maximum atomic E-state index is 11.3. The van der Waals surface area contributed by atoms with E-state index in [2.05, 4.69) is 9.72 Å². The van der Waals surface area contributed by atoms with Gasteiger partial charge >= 0.3 is 5.97 Å². The van der Waals surface area contributed by atoms with E-state index in [-0.39, 0.29) is 5.97 Å². The molecule has 0 aliphatic heterocycles. The Labute approximate surface area is 118 Å². The number of ether oxygens (including phenoxy) is 1. The minimum atomic E-state index is -0.379. The number of halogens is 2. The van der Waals surface area contributed by atoms with Crippen LogP contribution in [0.1, 0.15) is 10.4 Å². The van der Waals surface area contributed by atoms with E-state index in [0.29, 0.717) is 15.6 Å². The predicted molar refractivity (Wildman–Crippen MR) is 72.7 cm³/mol. The molecule has 0 amide bonds. The molecule has 1 N–H and O–H groups in total. The van der Waals surface area contributed by atoms with E-state index in [0.717, 1.165) is 9.92 Å². The number of carbonyl (C=O) groups is 1. The Morgan fingerprint density at radius 2 is 2.11 bits per heavy atom. The Balaban J connectivity index is 2.21. The van der Waals surface area contributed by atoms with Crippen LogP contribution in [0.2, 0.25) is 10.0 Å². The zero-order chi connectivity index (χ0) is 13.1. The summed E-state index contributed by atoms with van der Waals surface area (Å²) >= 11 is 13.4. The fraction of sp³-hybridized carbons (Fsp3) is 0.0833. The van der Waals surface area contributed by atoms with Gasteiger partial charge in [-0.2, -0.15) is 0 Å². The number of hydrogen-bond donors (Lipinski definition) is 1. The lowest BCUT2D eigenvalue weighted by Gasteiger charge is -2.02. The number of aromatic nitrogens is 1. The van der Waals surface area contributed by atoms with Gasteiger partial charge in [-0.15, -0.1) is 0 Å². The number of aromatic amines is 1. The van der Waals surface area contributed by atoms with Crippen LogP contribution >= 0.6 is 35.0 Å². The number of H-pyrrole nitrogens is 1. The third-order valence-electron chi connectivity index (χ3n) is 2.19. The summed E-state index contributed by atoms with van der Waals surface area (Å²) in [4.78, 5) is 15.1. The molecule has 0 bridgehead atoms. The summed E-state index contributed by atoms with van der Waals surface area (Å²) in [5.41, 5.74) is 0.471. The van der Waals surface area contributed by atoms with E-state index in [1.54, 1.807) is 30.5 Å². The van der Waals surface area contributed by atoms with Crippen LogP contribution in [0, 0.1) is 0 Å². The fourth-order valence-corrected chi connectivity index (χ4v) is 2.70. The van der Waals surface area contributed by atoms with E-state index in [1.165, 1.54) is 18.9 Å². The SMILES string of the molecule is COC(=O)c1c[nH]c(Sc2cc(Cl)ccc2Cl)c1. The highest BCUT2D eigenvalue weighted by Gasteiger charge is 2.10.